The number of carbonyl (C=O) groups is 1. The van der Waals surface area contributed by atoms with Crippen molar-refractivity contribution in [1.29, 1.82) is 0 Å². The molecule has 110 valence electrons. The predicted octanol–water partition coefficient (Wildman–Crippen LogP) is 1.46. The van der Waals surface area contributed by atoms with Crippen LogP contribution in [0.2, 0.25) is 0 Å². The summed E-state index contributed by atoms with van der Waals surface area (Å²) < 4.78 is 23.3. The summed E-state index contributed by atoms with van der Waals surface area (Å²) in [6, 6.07) is 1.63. The van der Waals surface area contributed by atoms with E-state index >= 15 is 0 Å². The molecule has 7 nitrogen and oxygen atoms in total. The number of likely N-dealkylation sites (N-methyl/N-ethyl adjacent to an activating group) is 1. The third-order valence-electron chi connectivity index (χ3n) is 2.45. The molecule has 0 amide bonds. The van der Waals surface area contributed by atoms with Gasteiger partial charge in [0.15, 0.2) is 5.75 Å². The molecule has 0 radical (unpaired) electrons. The monoisotopic (exact) mass is 286 g/mol. The lowest BCUT2D eigenvalue weighted by molar-refractivity contribution is -0.386. The molecule has 0 aromatic heterocycles. The average Bonchev–Trinajstić information content (AvgIpc) is 2.38. The van der Waals surface area contributed by atoms with E-state index in [2.05, 4.69) is 4.74 Å². The molecule has 0 atom stereocenters. The van der Waals surface area contributed by atoms with Crippen LogP contribution in [-0.4, -0.2) is 50.1 Å². The van der Waals surface area contributed by atoms with Crippen molar-refractivity contribution in [3.05, 3.63) is 33.6 Å². The van der Waals surface area contributed by atoms with E-state index in [4.69, 9.17) is 4.74 Å². The smallest absolute Gasteiger partial charge is 0.340 e. The van der Waals surface area contributed by atoms with Gasteiger partial charge in [0, 0.05) is 12.6 Å². The van der Waals surface area contributed by atoms with Gasteiger partial charge in [-0.15, -0.1) is 0 Å². The fourth-order valence-electron chi connectivity index (χ4n) is 1.41. The highest BCUT2D eigenvalue weighted by Gasteiger charge is 2.23. The zero-order chi connectivity index (χ0) is 15.3. The molecule has 1 rings (SSSR count). The summed E-state index contributed by atoms with van der Waals surface area (Å²) in [4.78, 5) is 23.3. The van der Waals surface area contributed by atoms with Crippen LogP contribution in [0, 0.1) is 15.9 Å². The number of ether oxygens (including phenoxy) is 2. The molecular formula is C12H15FN2O5. The van der Waals surface area contributed by atoms with Gasteiger partial charge in [-0.1, -0.05) is 0 Å². The number of rotatable bonds is 6. The van der Waals surface area contributed by atoms with Crippen LogP contribution in [-0.2, 0) is 4.74 Å². The number of carbonyl (C=O) groups excluding carboxylic acids is 1. The molecule has 0 aliphatic heterocycles. The molecule has 0 spiro atoms. The topological polar surface area (TPSA) is 81.9 Å². The minimum Gasteiger partial charge on any atom is -0.485 e. The van der Waals surface area contributed by atoms with Crippen molar-refractivity contribution in [2.45, 2.75) is 0 Å². The van der Waals surface area contributed by atoms with Gasteiger partial charge >= 0.3 is 11.7 Å². The molecule has 0 saturated heterocycles. The summed E-state index contributed by atoms with van der Waals surface area (Å²) in [5.41, 5.74) is -0.938. The SMILES string of the molecule is COC(=O)c1cc(OCCN(C)C)c([N+](=O)[O-])cc1F. The van der Waals surface area contributed by atoms with Gasteiger partial charge in [-0.05, 0) is 14.1 Å². The molecule has 0 N–H and O–H groups in total. The first-order valence-corrected chi connectivity index (χ1v) is 5.70. The summed E-state index contributed by atoms with van der Waals surface area (Å²) >= 11 is 0. The molecule has 0 aliphatic carbocycles. The molecule has 0 heterocycles. The number of esters is 1. The summed E-state index contributed by atoms with van der Waals surface area (Å²) in [6.07, 6.45) is 0. The van der Waals surface area contributed by atoms with Crippen molar-refractivity contribution in [2.24, 2.45) is 0 Å². The number of hydrogen-bond donors (Lipinski definition) is 0. The Hall–Kier alpha value is -2.22. The van der Waals surface area contributed by atoms with Crippen LogP contribution < -0.4 is 4.74 Å². The molecule has 1 aromatic carbocycles. The lowest BCUT2D eigenvalue weighted by atomic mass is 10.1. The van der Waals surface area contributed by atoms with Crippen molar-refractivity contribution in [3.63, 3.8) is 0 Å². The Bertz CT molecular complexity index is 519. The Morgan fingerprint density at radius 2 is 2.10 bits per heavy atom. The second kappa shape index (κ2) is 6.80. The summed E-state index contributed by atoms with van der Waals surface area (Å²) in [6.45, 7) is 0.683. The highest BCUT2D eigenvalue weighted by atomic mass is 19.1. The Labute approximate surface area is 115 Å². The molecule has 8 heteroatoms. The van der Waals surface area contributed by atoms with Crippen molar-refractivity contribution < 1.29 is 23.6 Å². The van der Waals surface area contributed by atoms with E-state index < -0.39 is 28.0 Å². The largest absolute Gasteiger partial charge is 0.485 e. The lowest BCUT2D eigenvalue weighted by Crippen LogP contribution is -2.20. The van der Waals surface area contributed by atoms with Crippen LogP contribution in [0.4, 0.5) is 10.1 Å². The number of halogens is 1. The molecule has 20 heavy (non-hydrogen) atoms. The number of hydrogen-bond acceptors (Lipinski definition) is 6. The van der Waals surface area contributed by atoms with E-state index in [1.54, 1.807) is 0 Å². The van der Waals surface area contributed by atoms with Crippen LogP contribution in [0.5, 0.6) is 5.75 Å². The van der Waals surface area contributed by atoms with Crippen LogP contribution >= 0.6 is 0 Å². The number of nitro groups is 1. The average molecular weight is 286 g/mol. The van der Waals surface area contributed by atoms with Gasteiger partial charge in [0.05, 0.1) is 23.7 Å². The second-order valence-corrected chi connectivity index (χ2v) is 4.20. The minimum absolute atomic E-state index is 0.167. The quantitative estimate of drug-likeness (QED) is 0.447. The van der Waals surface area contributed by atoms with E-state index in [0.717, 1.165) is 13.2 Å². The van der Waals surface area contributed by atoms with Gasteiger partial charge in [-0.25, -0.2) is 9.18 Å². The van der Waals surface area contributed by atoms with Gasteiger partial charge in [0.1, 0.15) is 12.4 Å². The fourth-order valence-corrected chi connectivity index (χ4v) is 1.41. The van der Waals surface area contributed by atoms with E-state index in [0.29, 0.717) is 12.6 Å². The Morgan fingerprint density at radius 3 is 2.60 bits per heavy atom. The highest BCUT2D eigenvalue weighted by Crippen LogP contribution is 2.30. The minimum atomic E-state index is -1.02. The predicted molar refractivity (Wildman–Crippen MR) is 68.4 cm³/mol. The molecule has 0 fully saturated rings. The van der Waals surface area contributed by atoms with Crippen LogP contribution in [0.3, 0.4) is 0 Å². The fraction of sp³-hybridized carbons (Fsp3) is 0.417. The van der Waals surface area contributed by atoms with Gasteiger partial charge in [-0.2, -0.15) is 0 Å². The highest BCUT2D eigenvalue weighted by molar-refractivity contribution is 5.90. The zero-order valence-electron chi connectivity index (χ0n) is 11.4. The maximum absolute atomic E-state index is 13.6. The third kappa shape index (κ3) is 3.89. The molecule has 0 saturated carbocycles. The second-order valence-electron chi connectivity index (χ2n) is 4.20. The Morgan fingerprint density at radius 1 is 1.45 bits per heavy atom. The van der Waals surface area contributed by atoms with Gasteiger partial charge < -0.3 is 14.4 Å². The van der Waals surface area contributed by atoms with E-state index in [1.807, 2.05) is 19.0 Å². The van der Waals surface area contributed by atoms with E-state index in [-0.39, 0.29) is 12.4 Å². The van der Waals surface area contributed by atoms with Crippen LogP contribution in [0.1, 0.15) is 10.4 Å². The summed E-state index contributed by atoms with van der Waals surface area (Å²) in [5.74, 6) is -2.11. The van der Waals surface area contributed by atoms with E-state index in [1.165, 1.54) is 0 Å². The first-order chi connectivity index (χ1) is 9.36. The van der Waals surface area contributed by atoms with Crippen molar-refractivity contribution in [3.8, 4) is 5.75 Å². The van der Waals surface area contributed by atoms with Gasteiger partial charge in [-0.3, -0.25) is 10.1 Å². The normalized spacial score (nSPS) is 10.4. The van der Waals surface area contributed by atoms with Gasteiger partial charge in [0.2, 0.25) is 0 Å². The van der Waals surface area contributed by atoms with Crippen molar-refractivity contribution >= 4 is 11.7 Å². The molecule has 0 bridgehead atoms. The standard InChI is InChI=1S/C12H15FN2O5/c1-14(2)4-5-20-11-6-8(12(16)19-3)9(13)7-10(11)15(17)18/h6-7H,4-5H2,1-3H3. The maximum atomic E-state index is 13.6. The maximum Gasteiger partial charge on any atom is 0.340 e. The Kier molecular flexibility index (Phi) is 5.39. The molecule has 0 aliphatic rings. The molecular weight excluding hydrogens is 271 g/mol. The summed E-state index contributed by atoms with van der Waals surface area (Å²) in [5, 5.41) is 10.9. The molecule has 1 aromatic rings. The number of nitro benzene ring substituents is 1. The number of methoxy groups -OCH3 is 1. The van der Waals surface area contributed by atoms with Crippen molar-refractivity contribution in [2.75, 3.05) is 34.4 Å². The van der Waals surface area contributed by atoms with Crippen LogP contribution in [0.15, 0.2) is 12.1 Å². The zero-order valence-corrected chi connectivity index (χ0v) is 11.4. The first kappa shape index (κ1) is 15.8. The molecule has 0 unspecified atom stereocenters. The lowest BCUT2D eigenvalue weighted by Gasteiger charge is -2.12. The Balaban J connectivity index is 3.10. The van der Waals surface area contributed by atoms with Crippen molar-refractivity contribution in [1.82, 2.24) is 4.90 Å². The van der Waals surface area contributed by atoms with Crippen LogP contribution in [0.25, 0.3) is 0 Å². The van der Waals surface area contributed by atoms with E-state index in [9.17, 15) is 19.3 Å². The summed E-state index contributed by atoms with van der Waals surface area (Å²) in [7, 11) is 4.71. The third-order valence-corrected chi connectivity index (χ3v) is 2.45. The number of benzene rings is 1. The number of nitrogens with zero attached hydrogens (tertiary/aromatic N) is 2. The van der Waals surface area contributed by atoms with Gasteiger partial charge in [0.25, 0.3) is 0 Å². The first-order valence-electron chi connectivity index (χ1n) is 5.70.